The third-order valence-corrected chi connectivity index (χ3v) is 2.25. The number of pyridine rings is 1. The van der Waals surface area contributed by atoms with Crippen molar-refractivity contribution in [2.45, 2.75) is 0 Å². The van der Waals surface area contributed by atoms with Gasteiger partial charge in [0.1, 0.15) is 0 Å². The highest BCUT2D eigenvalue weighted by Crippen LogP contribution is 2.09. The molecule has 5 nitrogen and oxygen atoms in total. The standard InChI is InChI=1S/C13H11N3O2/c17-13(18)11-1-3-12(4-2-11)16-15-9-10-5-7-14-8-6-10/h1-9,16H,(H,17,18)/b15-9-. The second-order valence-corrected chi connectivity index (χ2v) is 3.53. The molecule has 0 amide bonds. The largest absolute Gasteiger partial charge is 0.478 e. The van der Waals surface area contributed by atoms with Crippen LogP contribution < -0.4 is 5.43 Å². The summed E-state index contributed by atoms with van der Waals surface area (Å²) in [5, 5.41) is 12.8. The predicted molar refractivity (Wildman–Crippen MR) is 68.9 cm³/mol. The summed E-state index contributed by atoms with van der Waals surface area (Å²) in [7, 11) is 0. The molecule has 1 aromatic carbocycles. The molecule has 0 atom stereocenters. The van der Waals surface area contributed by atoms with Gasteiger partial charge in [-0.3, -0.25) is 10.4 Å². The van der Waals surface area contributed by atoms with Crippen molar-refractivity contribution in [1.29, 1.82) is 0 Å². The van der Waals surface area contributed by atoms with E-state index in [9.17, 15) is 4.79 Å². The molecule has 2 aromatic rings. The maximum absolute atomic E-state index is 10.7. The van der Waals surface area contributed by atoms with Crippen molar-refractivity contribution in [2.24, 2.45) is 5.10 Å². The van der Waals surface area contributed by atoms with Crippen LogP contribution in [-0.2, 0) is 0 Å². The third-order valence-electron chi connectivity index (χ3n) is 2.25. The van der Waals surface area contributed by atoms with Gasteiger partial charge >= 0.3 is 5.97 Å². The van der Waals surface area contributed by atoms with E-state index in [0.29, 0.717) is 0 Å². The van der Waals surface area contributed by atoms with Crippen LogP contribution in [-0.4, -0.2) is 22.3 Å². The molecule has 0 radical (unpaired) electrons. The van der Waals surface area contributed by atoms with E-state index in [1.54, 1.807) is 30.7 Å². The fourth-order valence-corrected chi connectivity index (χ4v) is 1.32. The molecule has 0 saturated heterocycles. The van der Waals surface area contributed by atoms with E-state index in [0.717, 1.165) is 11.3 Å². The van der Waals surface area contributed by atoms with Crippen LogP contribution in [0.15, 0.2) is 53.9 Å². The summed E-state index contributed by atoms with van der Waals surface area (Å²) in [6, 6.07) is 10.0. The molecule has 2 N–H and O–H groups in total. The summed E-state index contributed by atoms with van der Waals surface area (Å²) in [5.41, 5.74) is 4.72. The van der Waals surface area contributed by atoms with Crippen molar-refractivity contribution in [3.63, 3.8) is 0 Å². The van der Waals surface area contributed by atoms with E-state index in [2.05, 4.69) is 15.5 Å². The first-order chi connectivity index (χ1) is 8.75. The van der Waals surface area contributed by atoms with Crippen molar-refractivity contribution < 1.29 is 9.90 Å². The number of hydrogen-bond acceptors (Lipinski definition) is 4. The van der Waals surface area contributed by atoms with Gasteiger partial charge in [0.05, 0.1) is 17.5 Å². The summed E-state index contributed by atoms with van der Waals surface area (Å²) in [6.45, 7) is 0. The average molecular weight is 241 g/mol. The smallest absolute Gasteiger partial charge is 0.335 e. The van der Waals surface area contributed by atoms with E-state index in [1.165, 1.54) is 12.1 Å². The van der Waals surface area contributed by atoms with Gasteiger partial charge in [0, 0.05) is 12.4 Å². The Morgan fingerprint density at radius 1 is 1.17 bits per heavy atom. The number of nitrogens with one attached hydrogen (secondary N) is 1. The van der Waals surface area contributed by atoms with Gasteiger partial charge in [0.25, 0.3) is 0 Å². The van der Waals surface area contributed by atoms with Crippen molar-refractivity contribution >= 4 is 17.9 Å². The average Bonchev–Trinajstić information content (AvgIpc) is 2.40. The quantitative estimate of drug-likeness (QED) is 0.635. The fraction of sp³-hybridized carbons (Fsp3) is 0. The minimum atomic E-state index is -0.943. The van der Waals surface area contributed by atoms with Gasteiger partial charge in [-0.15, -0.1) is 0 Å². The lowest BCUT2D eigenvalue weighted by atomic mass is 10.2. The number of hydrazone groups is 1. The predicted octanol–water partition coefficient (Wildman–Crippen LogP) is 2.23. The fourth-order valence-electron chi connectivity index (χ4n) is 1.32. The normalized spacial score (nSPS) is 10.4. The molecule has 1 aromatic heterocycles. The Balaban J connectivity index is 1.98. The molecule has 0 aliphatic rings. The Morgan fingerprint density at radius 2 is 1.83 bits per heavy atom. The summed E-state index contributed by atoms with van der Waals surface area (Å²) in [6.07, 6.45) is 5.03. The zero-order chi connectivity index (χ0) is 12.8. The molecular weight excluding hydrogens is 230 g/mol. The Morgan fingerprint density at radius 3 is 2.44 bits per heavy atom. The summed E-state index contributed by atoms with van der Waals surface area (Å²) >= 11 is 0. The van der Waals surface area contributed by atoms with Gasteiger partial charge in [0.2, 0.25) is 0 Å². The minimum absolute atomic E-state index is 0.249. The zero-order valence-electron chi connectivity index (χ0n) is 9.45. The van der Waals surface area contributed by atoms with E-state index >= 15 is 0 Å². The van der Waals surface area contributed by atoms with Crippen LogP contribution in [0.4, 0.5) is 5.69 Å². The summed E-state index contributed by atoms with van der Waals surface area (Å²) in [5.74, 6) is -0.943. The second-order valence-electron chi connectivity index (χ2n) is 3.53. The number of anilines is 1. The number of aromatic carboxylic acids is 1. The Hall–Kier alpha value is -2.69. The lowest BCUT2D eigenvalue weighted by Gasteiger charge is -2.00. The number of benzene rings is 1. The van der Waals surface area contributed by atoms with E-state index in [-0.39, 0.29) is 5.56 Å². The van der Waals surface area contributed by atoms with Crippen LogP contribution in [0.1, 0.15) is 15.9 Å². The molecule has 0 fully saturated rings. The second kappa shape index (κ2) is 5.58. The number of carbonyl (C=O) groups is 1. The number of carboxylic acid groups (broad SMARTS) is 1. The number of carboxylic acids is 1. The first-order valence-corrected chi connectivity index (χ1v) is 5.28. The van der Waals surface area contributed by atoms with E-state index < -0.39 is 5.97 Å². The maximum Gasteiger partial charge on any atom is 0.335 e. The van der Waals surface area contributed by atoms with E-state index in [4.69, 9.17) is 5.11 Å². The molecule has 0 spiro atoms. The van der Waals surface area contributed by atoms with Crippen LogP contribution in [0, 0.1) is 0 Å². The number of hydrogen-bond donors (Lipinski definition) is 2. The first kappa shape index (κ1) is 11.8. The summed E-state index contributed by atoms with van der Waals surface area (Å²) in [4.78, 5) is 14.6. The molecule has 5 heteroatoms. The van der Waals surface area contributed by atoms with Crippen LogP contribution >= 0.6 is 0 Å². The van der Waals surface area contributed by atoms with Gasteiger partial charge in [-0.05, 0) is 42.0 Å². The Labute approximate surface area is 104 Å². The molecule has 0 aliphatic heterocycles. The number of rotatable bonds is 4. The number of nitrogens with zero attached hydrogens (tertiary/aromatic N) is 2. The SMILES string of the molecule is O=C(O)c1ccc(N/N=C\c2ccncc2)cc1. The first-order valence-electron chi connectivity index (χ1n) is 5.28. The van der Waals surface area contributed by atoms with Crippen LogP contribution in [0.5, 0.6) is 0 Å². The van der Waals surface area contributed by atoms with Gasteiger partial charge in [-0.2, -0.15) is 5.10 Å². The van der Waals surface area contributed by atoms with Gasteiger partial charge in [0.15, 0.2) is 0 Å². The van der Waals surface area contributed by atoms with E-state index in [1.807, 2.05) is 12.1 Å². The molecule has 0 aliphatic carbocycles. The molecule has 0 bridgehead atoms. The lowest BCUT2D eigenvalue weighted by molar-refractivity contribution is 0.0697. The highest BCUT2D eigenvalue weighted by Gasteiger charge is 2.00. The molecule has 0 saturated carbocycles. The number of aromatic nitrogens is 1. The van der Waals surface area contributed by atoms with Gasteiger partial charge < -0.3 is 5.11 Å². The Kier molecular flexibility index (Phi) is 3.66. The van der Waals surface area contributed by atoms with Crippen molar-refractivity contribution in [3.8, 4) is 0 Å². The molecule has 18 heavy (non-hydrogen) atoms. The molecule has 2 rings (SSSR count). The third kappa shape index (κ3) is 3.15. The monoisotopic (exact) mass is 241 g/mol. The van der Waals surface area contributed by atoms with Crippen molar-refractivity contribution in [1.82, 2.24) is 4.98 Å². The summed E-state index contributed by atoms with van der Waals surface area (Å²) < 4.78 is 0. The molecule has 90 valence electrons. The van der Waals surface area contributed by atoms with Crippen LogP contribution in [0.2, 0.25) is 0 Å². The topological polar surface area (TPSA) is 74.6 Å². The maximum atomic E-state index is 10.7. The van der Waals surface area contributed by atoms with Crippen LogP contribution in [0.3, 0.4) is 0 Å². The molecule has 1 heterocycles. The molecular formula is C13H11N3O2. The minimum Gasteiger partial charge on any atom is -0.478 e. The highest BCUT2D eigenvalue weighted by molar-refractivity contribution is 5.88. The molecule has 0 unspecified atom stereocenters. The lowest BCUT2D eigenvalue weighted by Crippen LogP contribution is -1.96. The Bertz CT molecular complexity index is 550. The van der Waals surface area contributed by atoms with Crippen molar-refractivity contribution in [2.75, 3.05) is 5.43 Å². The van der Waals surface area contributed by atoms with Crippen molar-refractivity contribution in [3.05, 3.63) is 59.9 Å². The zero-order valence-corrected chi connectivity index (χ0v) is 9.45. The van der Waals surface area contributed by atoms with Gasteiger partial charge in [-0.1, -0.05) is 0 Å². The van der Waals surface area contributed by atoms with Gasteiger partial charge in [-0.25, -0.2) is 4.79 Å². The van der Waals surface area contributed by atoms with Crippen LogP contribution in [0.25, 0.3) is 0 Å². The highest BCUT2D eigenvalue weighted by atomic mass is 16.4.